The second kappa shape index (κ2) is 11.3. The third-order valence-corrected chi connectivity index (χ3v) is 5.08. The van der Waals surface area contributed by atoms with E-state index in [9.17, 15) is 9.59 Å². The van der Waals surface area contributed by atoms with E-state index in [-0.39, 0.29) is 0 Å². The number of hydrogen-bond donors (Lipinski definition) is 2. The number of piperidine rings is 1. The fraction of sp³-hybridized carbons (Fsp3) is 0.500. The number of carbonyl (C=O) groups is 2. The minimum Gasteiger partial charge on any atom is -0.492 e. The highest BCUT2D eigenvalue weighted by Gasteiger charge is 2.17. The van der Waals surface area contributed by atoms with Crippen LogP contribution in [-0.2, 0) is 16.1 Å². The van der Waals surface area contributed by atoms with E-state index >= 15 is 0 Å². The third-order valence-electron chi connectivity index (χ3n) is 5.08. The van der Waals surface area contributed by atoms with Crippen LogP contribution in [0.4, 0.5) is 5.69 Å². The van der Waals surface area contributed by atoms with E-state index in [1.807, 2.05) is 12.3 Å². The van der Waals surface area contributed by atoms with Gasteiger partial charge in [-0.1, -0.05) is 19.4 Å². The SMILES string of the molecule is CC(CNC(=O)C(=O)Nc1cccc(OCCn2cccn2)c1)CN1CCCCC1. The summed E-state index contributed by atoms with van der Waals surface area (Å²) in [5.74, 6) is -0.374. The maximum absolute atomic E-state index is 12.2. The van der Waals surface area contributed by atoms with Crippen molar-refractivity contribution >= 4 is 17.5 Å². The van der Waals surface area contributed by atoms with Gasteiger partial charge in [-0.05, 0) is 50.0 Å². The first-order valence-electron chi connectivity index (χ1n) is 10.6. The van der Waals surface area contributed by atoms with Gasteiger partial charge in [-0.2, -0.15) is 5.10 Å². The molecule has 162 valence electrons. The summed E-state index contributed by atoms with van der Waals surface area (Å²) in [4.78, 5) is 26.8. The lowest BCUT2D eigenvalue weighted by Gasteiger charge is -2.29. The van der Waals surface area contributed by atoms with Gasteiger partial charge in [-0.25, -0.2) is 0 Å². The first kappa shape index (κ1) is 21.8. The Bertz CT molecular complexity index is 803. The van der Waals surface area contributed by atoms with Crippen molar-refractivity contribution in [2.24, 2.45) is 5.92 Å². The summed E-state index contributed by atoms with van der Waals surface area (Å²) in [6, 6.07) is 8.87. The molecule has 1 aliphatic heterocycles. The zero-order chi connectivity index (χ0) is 21.2. The van der Waals surface area contributed by atoms with Gasteiger partial charge in [-0.15, -0.1) is 0 Å². The Labute approximate surface area is 177 Å². The number of aromatic nitrogens is 2. The van der Waals surface area contributed by atoms with Crippen molar-refractivity contribution in [2.75, 3.05) is 38.1 Å². The molecule has 2 aromatic rings. The molecule has 3 rings (SSSR count). The van der Waals surface area contributed by atoms with Crippen LogP contribution in [0.25, 0.3) is 0 Å². The smallest absolute Gasteiger partial charge is 0.313 e. The maximum atomic E-state index is 12.2. The number of hydrogen-bond acceptors (Lipinski definition) is 5. The van der Waals surface area contributed by atoms with E-state index in [1.54, 1.807) is 35.1 Å². The third kappa shape index (κ3) is 7.18. The van der Waals surface area contributed by atoms with Crippen molar-refractivity contribution in [3.63, 3.8) is 0 Å². The van der Waals surface area contributed by atoms with Crippen LogP contribution in [0.1, 0.15) is 26.2 Å². The average Bonchev–Trinajstić information content (AvgIpc) is 3.26. The maximum Gasteiger partial charge on any atom is 0.313 e. The summed E-state index contributed by atoms with van der Waals surface area (Å²) >= 11 is 0. The van der Waals surface area contributed by atoms with Gasteiger partial charge in [0.2, 0.25) is 0 Å². The van der Waals surface area contributed by atoms with Gasteiger partial charge in [0.15, 0.2) is 0 Å². The zero-order valence-corrected chi connectivity index (χ0v) is 17.5. The van der Waals surface area contributed by atoms with Gasteiger partial charge in [0.25, 0.3) is 0 Å². The number of rotatable bonds is 9. The normalized spacial score (nSPS) is 15.4. The Balaban J connectivity index is 1.39. The zero-order valence-electron chi connectivity index (χ0n) is 17.5. The second-order valence-electron chi connectivity index (χ2n) is 7.78. The molecule has 1 fully saturated rings. The van der Waals surface area contributed by atoms with Crippen molar-refractivity contribution in [1.82, 2.24) is 20.0 Å². The highest BCUT2D eigenvalue weighted by Crippen LogP contribution is 2.17. The number of carbonyl (C=O) groups excluding carboxylic acids is 2. The number of nitrogens with zero attached hydrogens (tertiary/aromatic N) is 3. The Kier molecular flexibility index (Phi) is 8.26. The van der Waals surface area contributed by atoms with Gasteiger partial charge >= 0.3 is 11.8 Å². The molecule has 2 N–H and O–H groups in total. The Morgan fingerprint density at radius 3 is 2.77 bits per heavy atom. The van der Waals surface area contributed by atoms with Crippen LogP contribution < -0.4 is 15.4 Å². The summed E-state index contributed by atoms with van der Waals surface area (Å²) < 4.78 is 7.48. The standard InChI is InChI=1S/C22H31N5O3/c1-18(17-26-10-3-2-4-11-26)16-23-21(28)22(29)25-19-7-5-8-20(15-19)30-14-13-27-12-6-9-24-27/h5-9,12,15,18H,2-4,10-11,13-14,16-17H2,1H3,(H,23,28)(H,25,29). The van der Waals surface area contributed by atoms with Crippen LogP contribution in [0.2, 0.25) is 0 Å². The molecule has 1 atom stereocenters. The average molecular weight is 414 g/mol. The molecule has 1 unspecified atom stereocenters. The first-order valence-corrected chi connectivity index (χ1v) is 10.6. The molecule has 0 radical (unpaired) electrons. The number of amides is 2. The Morgan fingerprint density at radius 1 is 1.17 bits per heavy atom. The van der Waals surface area contributed by atoms with Crippen molar-refractivity contribution in [1.29, 1.82) is 0 Å². The van der Waals surface area contributed by atoms with E-state index in [4.69, 9.17) is 4.74 Å². The molecule has 8 nitrogen and oxygen atoms in total. The fourth-order valence-electron chi connectivity index (χ4n) is 3.54. The monoisotopic (exact) mass is 413 g/mol. The van der Waals surface area contributed by atoms with E-state index in [0.29, 0.717) is 37.1 Å². The summed E-state index contributed by atoms with van der Waals surface area (Å²) in [6.45, 7) is 6.85. The lowest BCUT2D eigenvalue weighted by atomic mass is 10.1. The molecule has 0 spiro atoms. The Hall–Kier alpha value is -2.87. The molecule has 0 aliphatic carbocycles. The molecule has 1 aliphatic rings. The van der Waals surface area contributed by atoms with E-state index < -0.39 is 11.8 Å². The topological polar surface area (TPSA) is 88.5 Å². The number of likely N-dealkylation sites (tertiary alicyclic amines) is 1. The van der Waals surface area contributed by atoms with Gasteiger partial charge < -0.3 is 20.3 Å². The van der Waals surface area contributed by atoms with Gasteiger partial charge in [0.05, 0.1) is 6.54 Å². The number of anilines is 1. The molecule has 0 bridgehead atoms. The molecule has 1 aromatic heterocycles. The lowest BCUT2D eigenvalue weighted by Crippen LogP contribution is -2.41. The Morgan fingerprint density at radius 2 is 2.00 bits per heavy atom. The van der Waals surface area contributed by atoms with Crippen LogP contribution in [-0.4, -0.2) is 59.3 Å². The van der Waals surface area contributed by atoms with Gasteiger partial charge in [0.1, 0.15) is 12.4 Å². The lowest BCUT2D eigenvalue weighted by molar-refractivity contribution is -0.136. The van der Waals surface area contributed by atoms with Crippen molar-refractivity contribution in [3.05, 3.63) is 42.7 Å². The number of benzene rings is 1. The van der Waals surface area contributed by atoms with Crippen molar-refractivity contribution in [2.45, 2.75) is 32.7 Å². The van der Waals surface area contributed by atoms with Crippen molar-refractivity contribution in [3.8, 4) is 5.75 Å². The predicted octanol–water partition coefficient (Wildman–Crippen LogP) is 2.14. The van der Waals surface area contributed by atoms with Crippen LogP contribution in [0, 0.1) is 5.92 Å². The quantitative estimate of drug-likeness (QED) is 0.615. The minimum atomic E-state index is -0.672. The summed E-state index contributed by atoms with van der Waals surface area (Å²) in [5.41, 5.74) is 0.521. The largest absolute Gasteiger partial charge is 0.492 e. The molecular formula is C22H31N5O3. The molecular weight excluding hydrogens is 382 g/mol. The fourth-order valence-corrected chi connectivity index (χ4v) is 3.54. The molecule has 1 aromatic carbocycles. The predicted molar refractivity (Wildman–Crippen MR) is 115 cm³/mol. The highest BCUT2D eigenvalue weighted by atomic mass is 16.5. The first-order chi connectivity index (χ1) is 14.6. The molecule has 2 amide bonds. The van der Waals surface area contributed by atoms with Crippen molar-refractivity contribution < 1.29 is 14.3 Å². The van der Waals surface area contributed by atoms with Crippen LogP contribution in [0.15, 0.2) is 42.7 Å². The van der Waals surface area contributed by atoms with E-state index in [0.717, 1.165) is 19.6 Å². The molecule has 30 heavy (non-hydrogen) atoms. The molecule has 0 saturated carbocycles. The summed E-state index contributed by atoms with van der Waals surface area (Å²) in [6.07, 6.45) is 7.38. The minimum absolute atomic E-state index is 0.298. The summed E-state index contributed by atoms with van der Waals surface area (Å²) in [5, 5.41) is 9.49. The summed E-state index contributed by atoms with van der Waals surface area (Å²) in [7, 11) is 0. The number of ether oxygens (including phenoxy) is 1. The van der Waals surface area contributed by atoms with Gasteiger partial charge in [-0.3, -0.25) is 14.3 Å². The molecule has 8 heteroatoms. The van der Waals surface area contributed by atoms with Gasteiger partial charge in [0, 0.05) is 37.2 Å². The number of nitrogens with one attached hydrogen (secondary N) is 2. The van der Waals surface area contributed by atoms with Crippen LogP contribution in [0.5, 0.6) is 5.75 Å². The second-order valence-corrected chi connectivity index (χ2v) is 7.78. The molecule has 1 saturated heterocycles. The van der Waals surface area contributed by atoms with Crippen LogP contribution in [0.3, 0.4) is 0 Å². The van der Waals surface area contributed by atoms with E-state index in [1.165, 1.54) is 19.3 Å². The van der Waals surface area contributed by atoms with Crippen LogP contribution >= 0.6 is 0 Å². The van der Waals surface area contributed by atoms with E-state index in [2.05, 4.69) is 27.6 Å². The molecule has 2 heterocycles. The highest BCUT2D eigenvalue weighted by molar-refractivity contribution is 6.39.